The molecule has 1 atom stereocenters. The second-order valence-electron chi connectivity index (χ2n) is 5.38. The number of rotatable bonds is 5. The molecule has 2 nitrogen and oxygen atoms in total. The highest BCUT2D eigenvalue weighted by Gasteiger charge is 2.19. The van der Waals surface area contributed by atoms with Crippen LogP contribution in [0.15, 0.2) is 47.4 Å². The van der Waals surface area contributed by atoms with Gasteiger partial charge in [-0.05, 0) is 56.0 Å². The van der Waals surface area contributed by atoms with E-state index in [9.17, 15) is 9.90 Å². The summed E-state index contributed by atoms with van der Waals surface area (Å²) in [4.78, 5) is 12.5. The summed E-state index contributed by atoms with van der Waals surface area (Å²) in [5.41, 5.74) is 4.69. The van der Waals surface area contributed by atoms with E-state index in [0.717, 1.165) is 10.5 Å². The van der Waals surface area contributed by atoms with Gasteiger partial charge in [0.15, 0.2) is 0 Å². The molecule has 2 rings (SSSR count). The molecule has 0 aromatic heterocycles. The molecule has 0 aliphatic carbocycles. The van der Waals surface area contributed by atoms with Crippen LogP contribution in [-0.2, 0) is 11.2 Å². The fourth-order valence-electron chi connectivity index (χ4n) is 2.11. The molecule has 0 amide bonds. The number of carboxylic acids is 1. The minimum atomic E-state index is -0.765. The third-order valence-corrected chi connectivity index (χ3v) is 4.76. The SMILES string of the molecule is Cc1ccc(S[C@@H](Cc2ccc(C)c(C)c2)C(=O)O)cc1. The fourth-order valence-corrected chi connectivity index (χ4v) is 3.10. The van der Waals surface area contributed by atoms with Gasteiger partial charge in [-0.1, -0.05) is 35.9 Å². The van der Waals surface area contributed by atoms with Crippen LogP contribution in [0.25, 0.3) is 0 Å². The van der Waals surface area contributed by atoms with Crippen molar-refractivity contribution in [1.29, 1.82) is 0 Å². The molecular weight excluding hydrogens is 280 g/mol. The number of carbonyl (C=O) groups is 1. The summed E-state index contributed by atoms with van der Waals surface area (Å²) in [6.45, 7) is 6.15. The largest absolute Gasteiger partial charge is 0.480 e. The van der Waals surface area contributed by atoms with Crippen LogP contribution in [0.3, 0.4) is 0 Å². The Hall–Kier alpha value is -1.74. The molecule has 2 aromatic rings. The highest BCUT2D eigenvalue weighted by Crippen LogP contribution is 2.27. The van der Waals surface area contributed by atoms with Crippen LogP contribution in [-0.4, -0.2) is 16.3 Å². The van der Waals surface area contributed by atoms with Crippen molar-refractivity contribution in [3.63, 3.8) is 0 Å². The molecule has 0 saturated heterocycles. The molecule has 0 bridgehead atoms. The number of thioether (sulfide) groups is 1. The fraction of sp³-hybridized carbons (Fsp3) is 0.278. The van der Waals surface area contributed by atoms with Gasteiger partial charge in [0.25, 0.3) is 0 Å². The van der Waals surface area contributed by atoms with E-state index < -0.39 is 11.2 Å². The average Bonchev–Trinajstić information content (AvgIpc) is 2.44. The maximum absolute atomic E-state index is 11.5. The predicted octanol–water partition coefficient (Wildman–Crippen LogP) is 4.40. The number of hydrogen-bond donors (Lipinski definition) is 1. The first-order valence-corrected chi connectivity index (χ1v) is 7.86. The zero-order valence-electron chi connectivity index (χ0n) is 12.6. The quantitative estimate of drug-likeness (QED) is 0.832. The van der Waals surface area contributed by atoms with Crippen LogP contribution >= 0.6 is 11.8 Å². The lowest BCUT2D eigenvalue weighted by Crippen LogP contribution is -2.19. The Bertz CT molecular complexity index is 632. The number of carboxylic acid groups (broad SMARTS) is 1. The molecule has 1 N–H and O–H groups in total. The van der Waals surface area contributed by atoms with Gasteiger partial charge >= 0.3 is 5.97 Å². The highest BCUT2D eigenvalue weighted by atomic mass is 32.2. The number of benzene rings is 2. The van der Waals surface area contributed by atoms with Crippen LogP contribution in [0.4, 0.5) is 0 Å². The lowest BCUT2D eigenvalue weighted by Gasteiger charge is -2.13. The molecular formula is C18H20O2S. The smallest absolute Gasteiger partial charge is 0.317 e. The monoisotopic (exact) mass is 300 g/mol. The molecule has 110 valence electrons. The van der Waals surface area contributed by atoms with Crippen LogP contribution in [0.5, 0.6) is 0 Å². The van der Waals surface area contributed by atoms with E-state index in [4.69, 9.17) is 0 Å². The summed E-state index contributed by atoms with van der Waals surface area (Å²) in [7, 11) is 0. The molecule has 0 fully saturated rings. The summed E-state index contributed by atoms with van der Waals surface area (Å²) in [5.74, 6) is -0.765. The Balaban J connectivity index is 2.13. The number of hydrogen-bond acceptors (Lipinski definition) is 2. The Morgan fingerprint density at radius 1 is 1.05 bits per heavy atom. The lowest BCUT2D eigenvalue weighted by atomic mass is 10.0. The van der Waals surface area contributed by atoms with Gasteiger partial charge in [0, 0.05) is 4.90 Å². The predicted molar refractivity (Wildman–Crippen MR) is 88.1 cm³/mol. The average molecular weight is 300 g/mol. The van der Waals surface area contributed by atoms with Gasteiger partial charge in [0.1, 0.15) is 5.25 Å². The van der Waals surface area contributed by atoms with Crippen molar-refractivity contribution in [2.24, 2.45) is 0 Å². The van der Waals surface area contributed by atoms with E-state index in [0.29, 0.717) is 6.42 Å². The van der Waals surface area contributed by atoms with Crippen LogP contribution in [0, 0.1) is 20.8 Å². The summed E-state index contributed by atoms with van der Waals surface area (Å²) in [5, 5.41) is 8.99. The number of aliphatic carboxylic acids is 1. The second-order valence-corrected chi connectivity index (χ2v) is 6.66. The first-order valence-electron chi connectivity index (χ1n) is 6.98. The molecule has 0 unspecified atom stereocenters. The van der Waals surface area contributed by atoms with E-state index in [1.54, 1.807) is 0 Å². The Labute approximate surface area is 130 Å². The molecule has 0 saturated carbocycles. The minimum absolute atomic E-state index is 0.463. The van der Waals surface area contributed by atoms with E-state index in [1.807, 2.05) is 37.3 Å². The molecule has 0 spiro atoms. The van der Waals surface area contributed by atoms with Crippen molar-refractivity contribution in [2.45, 2.75) is 37.3 Å². The summed E-state index contributed by atoms with van der Waals surface area (Å²) in [6, 6.07) is 14.1. The van der Waals surface area contributed by atoms with Crippen LogP contribution in [0.1, 0.15) is 22.3 Å². The first-order chi connectivity index (χ1) is 9.95. The van der Waals surface area contributed by atoms with Gasteiger partial charge in [-0.15, -0.1) is 11.8 Å². The van der Waals surface area contributed by atoms with E-state index >= 15 is 0 Å². The molecule has 2 aromatic carbocycles. The van der Waals surface area contributed by atoms with Crippen molar-refractivity contribution in [3.8, 4) is 0 Å². The topological polar surface area (TPSA) is 37.3 Å². The van der Waals surface area contributed by atoms with Crippen molar-refractivity contribution in [1.82, 2.24) is 0 Å². The number of aryl methyl sites for hydroxylation is 3. The highest BCUT2D eigenvalue weighted by molar-refractivity contribution is 8.00. The van der Waals surface area contributed by atoms with Gasteiger partial charge in [-0.3, -0.25) is 4.79 Å². The van der Waals surface area contributed by atoms with Gasteiger partial charge in [-0.25, -0.2) is 0 Å². The molecule has 0 radical (unpaired) electrons. The van der Waals surface area contributed by atoms with Crippen molar-refractivity contribution < 1.29 is 9.90 Å². The van der Waals surface area contributed by atoms with Gasteiger partial charge < -0.3 is 5.11 Å². The van der Waals surface area contributed by atoms with Gasteiger partial charge in [0.2, 0.25) is 0 Å². The molecule has 0 aliphatic heterocycles. The van der Waals surface area contributed by atoms with Gasteiger partial charge in [0.05, 0.1) is 0 Å². The lowest BCUT2D eigenvalue weighted by molar-refractivity contribution is -0.136. The van der Waals surface area contributed by atoms with Crippen LogP contribution in [0.2, 0.25) is 0 Å². The first kappa shape index (κ1) is 15.6. The maximum Gasteiger partial charge on any atom is 0.317 e. The third-order valence-electron chi connectivity index (χ3n) is 3.57. The van der Waals surface area contributed by atoms with Crippen LogP contribution < -0.4 is 0 Å². The third kappa shape index (κ3) is 4.36. The van der Waals surface area contributed by atoms with E-state index in [2.05, 4.69) is 26.0 Å². The maximum atomic E-state index is 11.5. The molecule has 0 aliphatic rings. The zero-order valence-corrected chi connectivity index (χ0v) is 13.4. The second kappa shape index (κ2) is 6.81. The Morgan fingerprint density at radius 3 is 2.29 bits per heavy atom. The minimum Gasteiger partial charge on any atom is -0.480 e. The van der Waals surface area contributed by atoms with Gasteiger partial charge in [-0.2, -0.15) is 0 Å². The summed E-state index contributed by atoms with van der Waals surface area (Å²) < 4.78 is 0. The van der Waals surface area contributed by atoms with E-state index in [-0.39, 0.29) is 0 Å². The Morgan fingerprint density at radius 2 is 1.71 bits per heavy atom. The van der Waals surface area contributed by atoms with E-state index in [1.165, 1.54) is 28.5 Å². The molecule has 0 heterocycles. The molecule has 21 heavy (non-hydrogen) atoms. The molecule has 3 heteroatoms. The van der Waals surface area contributed by atoms with Crippen molar-refractivity contribution >= 4 is 17.7 Å². The summed E-state index contributed by atoms with van der Waals surface area (Å²) >= 11 is 1.41. The standard InChI is InChI=1S/C18H20O2S/c1-12-4-8-16(9-5-12)21-17(18(19)20)11-15-7-6-13(2)14(3)10-15/h4-10,17H,11H2,1-3H3,(H,19,20)/t17-/m0/s1. The normalized spacial score (nSPS) is 12.1. The van der Waals surface area contributed by atoms with Crippen molar-refractivity contribution in [3.05, 3.63) is 64.7 Å². The zero-order chi connectivity index (χ0) is 15.4. The summed E-state index contributed by atoms with van der Waals surface area (Å²) in [6.07, 6.45) is 0.537. The van der Waals surface area contributed by atoms with Crippen molar-refractivity contribution in [2.75, 3.05) is 0 Å². The Kier molecular flexibility index (Phi) is 5.07.